The van der Waals surface area contributed by atoms with Gasteiger partial charge in [-0.1, -0.05) is 10.3 Å². The molecule has 0 bridgehead atoms. The predicted octanol–water partition coefficient (Wildman–Crippen LogP) is -0.735. The normalized spacial score (nSPS) is 13.3. The van der Waals surface area contributed by atoms with Crippen molar-refractivity contribution in [2.24, 2.45) is 16.0 Å². The van der Waals surface area contributed by atoms with Gasteiger partial charge in [0.15, 0.2) is 0 Å². The van der Waals surface area contributed by atoms with Crippen molar-refractivity contribution in [1.82, 2.24) is 9.55 Å². The zero-order chi connectivity index (χ0) is 8.97. The van der Waals surface area contributed by atoms with Gasteiger partial charge in [-0.25, -0.2) is 4.98 Å². The van der Waals surface area contributed by atoms with E-state index in [2.05, 4.69) is 15.3 Å². The monoisotopic (exact) mass is 169 g/mol. The predicted molar refractivity (Wildman–Crippen MR) is 40.3 cm³/mol. The van der Waals surface area contributed by atoms with Crippen molar-refractivity contribution >= 4 is 11.7 Å². The molecule has 1 rings (SSSR count). The second kappa shape index (κ2) is 3.37. The number of nitrogens with two attached hydrogens (primary N) is 1. The first kappa shape index (κ1) is 8.05. The Morgan fingerprint density at radius 3 is 2.58 bits per heavy atom. The molecule has 0 fully saturated rings. The van der Waals surface area contributed by atoms with Gasteiger partial charge in [-0.2, -0.15) is 0 Å². The molecule has 1 aromatic heterocycles. The minimum Gasteiger partial charge on any atom is -0.409 e. The van der Waals surface area contributed by atoms with Gasteiger partial charge in [0, 0.05) is 12.4 Å². The molecule has 0 aliphatic rings. The van der Waals surface area contributed by atoms with Crippen LogP contribution in [0.2, 0.25) is 0 Å². The van der Waals surface area contributed by atoms with Gasteiger partial charge in [-0.05, 0) is 0 Å². The van der Waals surface area contributed by atoms with Crippen molar-refractivity contribution in [3.05, 3.63) is 18.7 Å². The Hall–Kier alpha value is -2.05. The van der Waals surface area contributed by atoms with E-state index in [0.717, 1.165) is 0 Å². The molecule has 4 N–H and O–H groups in total. The number of oxime groups is 2. The summed E-state index contributed by atoms with van der Waals surface area (Å²) in [7, 11) is 0. The zero-order valence-electron chi connectivity index (χ0n) is 5.99. The largest absolute Gasteiger partial charge is 0.409 e. The molecule has 0 aliphatic heterocycles. The summed E-state index contributed by atoms with van der Waals surface area (Å²) >= 11 is 0. The molecule has 0 saturated carbocycles. The quantitative estimate of drug-likeness (QED) is 0.206. The van der Waals surface area contributed by atoms with Crippen molar-refractivity contribution < 1.29 is 10.4 Å². The third-order valence-corrected chi connectivity index (χ3v) is 1.18. The first-order valence-corrected chi connectivity index (χ1v) is 2.98. The Kier molecular flexibility index (Phi) is 2.26. The molecule has 7 nitrogen and oxygen atoms in total. The molecule has 0 amide bonds. The van der Waals surface area contributed by atoms with Gasteiger partial charge in [-0.3, -0.25) is 4.57 Å². The second-order valence-corrected chi connectivity index (χ2v) is 1.88. The van der Waals surface area contributed by atoms with E-state index < -0.39 is 0 Å². The van der Waals surface area contributed by atoms with Crippen LogP contribution < -0.4 is 5.73 Å². The molecule has 1 aromatic rings. The SMILES string of the molecule is NC(=NO)C(=NO)n1ccnc1. The molecular weight excluding hydrogens is 162 g/mol. The Bertz CT molecular complexity index is 302. The molecule has 0 aliphatic carbocycles. The van der Waals surface area contributed by atoms with Crippen molar-refractivity contribution in [3.63, 3.8) is 0 Å². The number of rotatable bonds is 0. The first-order chi connectivity index (χ1) is 5.79. The van der Waals surface area contributed by atoms with E-state index in [4.69, 9.17) is 16.1 Å². The highest BCUT2D eigenvalue weighted by Crippen LogP contribution is 1.87. The van der Waals surface area contributed by atoms with Crippen molar-refractivity contribution in [1.29, 1.82) is 0 Å². The van der Waals surface area contributed by atoms with Gasteiger partial charge in [0.05, 0.1) is 0 Å². The highest BCUT2D eigenvalue weighted by Gasteiger charge is 2.07. The van der Waals surface area contributed by atoms with Crippen LogP contribution in [0.25, 0.3) is 0 Å². The Labute approximate surface area is 67.4 Å². The van der Waals surface area contributed by atoms with Crippen molar-refractivity contribution in [3.8, 4) is 0 Å². The molecule has 0 spiro atoms. The summed E-state index contributed by atoms with van der Waals surface area (Å²) < 4.78 is 1.30. The Morgan fingerprint density at radius 1 is 1.42 bits per heavy atom. The smallest absolute Gasteiger partial charge is 0.223 e. The summed E-state index contributed by atoms with van der Waals surface area (Å²) in [4.78, 5) is 3.69. The van der Waals surface area contributed by atoms with Crippen LogP contribution in [0.4, 0.5) is 0 Å². The van der Waals surface area contributed by atoms with Crippen molar-refractivity contribution in [2.45, 2.75) is 0 Å². The molecule has 0 atom stereocenters. The van der Waals surface area contributed by atoms with E-state index in [9.17, 15) is 0 Å². The van der Waals surface area contributed by atoms with Gasteiger partial charge in [-0.15, -0.1) is 0 Å². The summed E-state index contributed by atoms with van der Waals surface area (Å²) in [5.41, 5.74) is 5.18. The number of imidazole rings is 1. The third-order valence-electron chi connectivity index (χ3n) is 1.18. The number of nitrogens with zero attached hydrogens (tertiary/aromatic N) is 4. The summed E-state index contributed by atoms with van der Waals surface area (Å²) in [5, 5.41) is 22.2. The number of hydrogen-bond acceptors (Lipinski definition) is 5. The van der Waals surface area contributed by atoms with E-state index in [1.165, 1.54) is 23.3 Å². The molecule has 0 radical (unpaired) electrons. The van der Waals surface area contributed by atoms with Crippen LogP contribution in [0.15, 0.2) is 29.0 Å². The molecule has 7 heteroatoms. The van der Waals surface area contributed by atoms with Crippen molar-refractivity contribution in [2.75, 3.05) is 0 Å². The fourth-order valence-electron chi connectivity index (χ4n) is 0.664. The summed E-state index contributed by atoms with van der Waals surface area (Å²) in [6, 6.07) is 0. The number of aromatic nitrogens is 2. The highest BCUT2D eigenvalue weighted by molar-refractivity contribution is 6.40. The molecule has 0 aromatic carbocycles. The van der Waals surface area contributed by atoms with Crippen LogP contribution in [0, 0.1) is 0 Å². The van der Waals surface area contributed by atoms with Crippen LogP contribution in [-0.4, -0.2) is 31.6 Å². The van der Waals surface area contributed by atoms with Gasteiger partial charge < -0.3 is 16.1 Å². The Morgan fingerprint density at radius 2 is 2.17 bits per heavy atom. The van der Waals surface area contributed by atoms with Gasteiger partial charge in [0.2, 0.25) is 11.7 Å². The maximum atomic E-state index is 8.47. The lowest BCUT2D eigenvalue weighted by molar-refractivity contribution is 0.312. The van der Waals surface area contributed by atoms with Crippen LogP contribution in [-0.2, 0) is 0 Å². The van der Waals surface area contributed by atoms with Gasteiger partial charge >= 0.3 is 0 Å². The number of hydrogen-bond donors (Lipinski definition) is 3. The van der Waals surface area contributed by atoms with E-state index in [0.29, 0.717) is 0 Å². The molecule has 1 heterocycles. The maximum absolute atomic E-state index is 8.47. The summed E-state index contributed by atoms with van der Waals surface area (Å²) in [5.74, 6) is -0.384. The second-order valence-electron chi connectivity index (χ2n) is 1.88. The van der Waals surface area contributed by atoms with Gasteiger partial charge in [0.1, 0.15) is 6.33 Å². The zero-order valence-corrected chi connectivity index (χ0v) is 5.99. The van der Waals surface area contributed by atoms with Gasteiger partial charge in [0.25, 0.3) is 0 Å². The van der Waals surface area contributed by atoms with E-state index in [1.54, 1.807) is 0 Å². The lowest BCUT2D eigenvalue weighted by Gasteiger charge is -2.00. The average molecular weight is 169 g/mol. The average Bonchev–Trinajstić information content (AvgIpc) is 2.58. The lowest BCUT2D eigenvalue weighted by Crippen LogP contribution is -2.29. The van der Waals surface area contributed by atoms with Crippen LogP contribution >= 0.6 is 0 Å². The molecule has 12 heavy (non-hydrogen) atoms. The third kappa shape index (κ3) is 1.34. The molecule has 0 saturated heterocycles. The summed E-state index contributed by atoms with van der Waals surface area (Å²) in [6.45, 7) is 0. The van der Waals surface area contributed by atoms with E-state index in [-0.39, 0.29) is 11.7 Å². The van der Waals surface area contributed by atoms with Crippen LogP contribution in [0.5, 0.6) is 0 Å². The maximum Gasteiger partial charge on any atom is 0.223 e. The summed E-state index contributed by atoms with van der Waals surface area (Å²) in [6.07, 6.45) is 4.32. The fourth-order valence-corrected chi connectivity index (χ4v) is 0.664. The standard InChI is InChI=1S/C5H7N5O2/c6-4(8-11)5(9-12)10-2-1-7-3-10/h1-3,11-12H,(H2,6,8). The topological polar surface area (TPSA) is 109 Å². The van der Waals surface area contributed by atoms with Crippen LogP contribution in [0.3, 0.4) is 0 Å². The minimum absolute atomic E-state index is 0.0880. The Balaban J connectivity index is 3.01. The van der Waals surface area contributed by atoms with Crippen LogP contribution in [0.1, 0.15) is 0 Å². The lowest BCUT2D eigenvalue weighted by atomic mass is 10.5. The minimum atomic E-state index is -0.296. The molecular formula is C5H7N5O2. The molecule has 64 valence electrons. The fraction of sp³-hybridized carbons (Fsp3) is 0. The number of amidine groups is 1. The first-order valence-electron chi connectivity index (χ1n) is 2.98. The molecule has 0 unspecified atom stereocenters. The highest BCUT2D eigenvalue weighted by atomic mass is 16.4. The van der Waals surface area contributed by atoms with E-state index in [1.807, 2.05) is 0 Å². The van der Waals surface area contributed by atoms with E-state index >= 15 is 0 Å².